The molecule has 1 fully saturated rings. The fourth-order valence-electron chi connectivity index (χ4n) is 7.38. The van der Waals surface area contributed by atoms with Gasteiger partial charge in [0.1, 0.15) is 0 Å². The number of carbonyl (C=O) groups is 2. The fourth-order valence-corrected chi connectivity index (χ4v) is 7.38. The Hall–Kier alpha value is -3.15. The second-order valence-corrected chi connectivity index (χ2v) is 12.1. The second-order valence-electron chi connectivity index (χ2n) is 12.1. The molecule has 5 rings (SSSR count). The Morgan fingerprint density at radius 1 is 1.18 bits per heavy atom. The van der Waals surface area contributed by atoms with Crippen LogP contribution in [-0.2, 0) is 17.8 Å². The number of Topliss-reactive ketones (excluding diaryl/α,β-unsaturated/α-hetero) is 1. The van der Waals surface area contributed by atoms with Crippen LogP contribution in [0.1, 0.15) is 47.7 Å². The van der Waals surface area contributed by atoms with Crippen LogP contribution in [0, 0.1) is 11.8 Å². The number of nitrogens with two attached hydrogens (primary N) is 1. The van der Waals surface area contributed by atoms with Gasteiger partial charge < -0.3 is 0 Å². The van der Waals surface area contributed by atoms with Crippen LogP contribution in [0.25, 0.3) is 0 Å². The molecule has 1 amide bonds. The van der Waals surface area contributed by atoms with Crippen molar-refractivity contribution in [2.45, 2.75) is 56.8 Å². The molecule has 0 aromatic heterocycles. The topological polar surface area (TPSA) is 151 Å². The SMILES string of the molecule is B=C1C(C(N)=O)=C(O)[C@@H](N(C)C)[C@@H]2C[C@@H]3Cc4c(c(O)cc(CN(CC)C5CC5)c4N(C)C)C(=O)C3=C(O)[C@]12O. The number of ketones is 1. The Morgan fingerprint density at radius 2 is 1.82 bits per heavy atom. The Morgan fingerprint density at radius 3 is 2.35 bits per heavy atom. The van der Waals surface area contributed by atoms with E-state index in [1.165, 1.54) is 0 Å². The summed E-state index contributed by atoms with van der Waals surface area (Å²) in [7, 11) is 11.1. The molecule has 6 N–H and O–H groups in total. The molecule has 4 atom stereocenters. The summed E-state index contributed by atoms with van der Waals surface area (Å²) in [6.07, 6.45) is 2.87. The van der Waals surface area contributed by atoms with Gasteiger partial charge in [-0.25, -0.2) is 0 Å². The molecule has 1 aromatic carbocycles. The Bertz CT molecular complexity index is 1380. The molecule has 4 aliphatic carbocycles. The number of amides is 1. The van der Waals surface area contributed by atoms with E-state index in [4.69, 9.17) is 5.73 Å². The van der Waals surface area contributed by atoms with Gasteiger partial charge in [-0.05, 0) is 12.8 Å². The van der Waals surface area contributed by atoms with Gasteiger partial charge in [-0.15, -0.1) is 0 Å². The summed E-state index contributed by atoms with van der Waals surface area (Å²) in [6.45, 7) is 3.63. The summed E-state index contributed by atoms with van der Waals surface area (Å²) in [5.74, 6) is -3.95. The predicted octanol–water partition coefficient (Wildman–Crippen LogP) is 0.675. The molecule has 0 aliphatic heterocycles. The summed E-state index contributed by atoms with van der Waals surface area (Å²) in [5, 5.41) is 45.9. The summed E-state index contributed by atoms with van der Waals surface area (Å²) in [4.78, 5) is 32.4. The number of carbonyl (C=O) groups excluding carboxylic acids is 2. The van der Waals surface area contributed by atoms with E-state index < -0.39 is 40.9 Å². The van der Waals surface area contributed by atoms with Crippen LogP contribution in [0.15, 0.2) is 28.7 Å². The van der Waals surface area contributed by atoms with Crippen molar-refractivity contribution in [2.75, 3.05) is 39.6 Å². The third-order valence-electron chi connectivity index (χ3n) is 9.25. The number of nitrogens with zero attached hydrogens (tertiary/aromatic N) is 3. The van der Waals surface area contributed by atoms with Gasteiger partial charge in [0, 0.05) is 0 Å². The van der Waals surface area contributed by atoms with Crippen molar-refractivity contribution in [3.63, 3.8) is 0 Å². The summed E-state index contributed by atoms with van der Waals surface area (Å²) >= 11 is 0. The quantitative estimate of drug-likeness (QED) is 0.309. The number of phenols is 1. The molecule has 4 aliphatic rings. The van der Waals surface area contributed by atoms with E-state index in [9.17, 15) is 30.0 Å². The van der Waals surface area contributed by atoms with Crippen molar-refractivity contribution >= 4 is 30.3 Å². The molecule has 0 saturated heterocycles. The van der Waals surface area contributed by atoms with Gasteiger partial charge in [-0.1, -0.05) is 6.92 Å². The van der Waals surface area contributed by atoms with Gasteiger partial charge in [0.15, 0.2) is 0 Å². The van der Waals surface area contributed by atoms with Crippen molar-refractivity contribution in [1.29, 1.82) is 0 Å². The average molecular weight is 550 g/mol. The molecule has 11 heteroatoms. The Kier molecular flexibility index (Phi) is 6.92. The van der Waals surface area contributed by atoms with Crippen LogP contribution in [0.4, 0.5) is 5.69 Å². The number of primary amides is 1. The zero-order valence-electron chi connectivity index (χ0n) is 23.9. The van der Waals surface area contributed by atoms with Crippen molar-refractivity contribution < 1.29 is 30.0 Å². The van der Waals surface area contributed by atoms with Gasteiger partial charge in [0.25, 0.3) is 0 Å². The monoisotopic (exact) mass is 550 g/mol. The molecular formula is C29H39BN4O6. The minimum atomic E-state index is -2.20. The number of rotatable bonds is 7. The first-order valence-corrected chi connectivity index (χ1v) is 13.8. The van der Waals surface area contributed by atoms with Gasteiger partial charge in [-0.3, -0.25) is 0 Å². The van der Waals surface area contributed by atoms with Crippen LogP contribution >= 0.6 is 0 Å². The molecule has 0 radical (unpaired) electrons. The van der Waals surface area contributed by atoms with E-state index in [1.54, 1.807) is 25.1 Å². The second kappa shape index (κ2) is 9.75. The zero-order chi connectivity index (χ0) is 29.4. The molecule has 0 bridgehead atoms. The molecule has 0 spiro atoms. The van der Waals surface area contributed by atoms with Crippen molar-refractivity contribution in [3.05, 3.63) is 45.4 Å². The number of anilines is 1. The number of fused-ring (bicyclic) bond motifs is 3. The predicted molar refractivity (Wildman–Crippen MR) is 154 cm³/mol. The number of likely N-dealkylation sites (N-methyl/N-ethyl adjacent to an activating group) is 1. The number of aromatic hydroxyl groups is 1. The average Bonchev–Trinajstić information content (AvgIpc) is 3.69. The number of aliphatic hydroxyl groups excluding tert-OH is 2. The third-order valence-corrected chi connectivity index (χ3v) is 9.25. The van der Waals surface area contributed by atoms with Gasteiger partial charge in [0.05, 0.1) is 0 Å². The van der Waals surface area contributed by atoms with Crippen molar-refractivity contribution in [2.24, 2.45) is 17.6 Å². The first-order valence-electron chi connectivity index (χ1n) is 13.8. The van der Waals surface area contributed by atoms with Crippen molar-refractivity contribution in [1.82, 2.24) is 9.80 Å². The van der Waals surface area contributed by atoms with Crippen LogP contribution in [-0.4, -0.2) is 107 Å². The number of aliphatic hydroxyl groups is 3. The molecule has 0 heterocycles. The van der Waals surface area contributed by atoms with E-state index in [-0.39, 0.29) is 40.1 Å². The van der Waals surface area contributed by atoms with E-state index in [2.05, 4.69) is 19.3 Å². The normalized spacial score (nSPS) is 28.1. The number of hydrogen-bond acceptors (Lipinski definition) is 9. The first kappa shape index (κ1) is 28.4. The minimum absolute atomic E-state index is 0.00367. The maximum absolute atomic E-state index is 14.1. The van der Waals surface area contributed by atoms with E-state index in [0.29, 0.717) is 24.6 Å². The van der Waals surface area contributed by atoms with Gasteiger partial charge >= 0.3 is 216 Å². The molecule has 1 saturated carbocycles. The fraction of sp³-hybridized carbons (Fsp3) is 0.552. The summed E-state index contributed by atoms with van der Waals surface area (Å²) < 4.78 is 0. The number of benzene rings is 1. The van der Waals surface area contributed by atoms with Gasteiger partial charge in [0.2, 0.25) is 0 Å². The van der Waals surface area contributed by atoms with Crippen LogP contribution in [0.3, 0.4) is 0 Å². The molecular weight excluding hydrogens is 511 g/mol. The summed E-state index contributed by atoms with van der Waals surface area (Å²) in [6, 6.07) is 1.31. The van der Waals surface area contributed by atoms with Crippen LogP contribution in [0.2, 0.25) is 0 Å². The maximum atomic E-state index is 14.1. The molecule has 40 heavy (non-hydrogen) atoms. The third kappa shape index (κ3) is 4.01. The Balaban J connectivity index is 1.68. The summed E-state index contributed by atoms with van der Waals surface area (Å²) in [5.41, 5.74) is 5.37. The number of phenolic OH excluding ortho intramolecular Hbond substituents is 1. The van der Waals surface area contributed by atoms with Crippen molar-refractivity contribution in [3.8, 4) is 5.75 Å². The van der Waals surface area contributed by atoms with E-state index in [1.807, 2.05) is 19.0 Å². The van der Waals surface area contributed by atoms with E-state index in [0.717, 1.165) is 30.6 Å². The van der Waals surface area contributed by atoms with E-state index >= 15 is 0 Å². The standard InChI is InChI=1S/C29H39BN4O6/c1-6-34(15-7-8-15)12-14-11-18(35)20-16(22(14)32(2)3)9-13-10-17-23(33(4)5)25(37)21(28(31)39)26(30)29(17,40)27(38)19(13)24(20)36/h11,13,15,17,23,30,35,37-38,40H,6-10,12H2,1-5H3,(H2,31,39)/t13-,17-,23-,29+/m0/s1. The molecule has 214 valence electrons. The number of allylic oxidation sites excluding steroid dienone is 1. The molecule has 0 unspecified atom stereocenters. The molecule has 10 nitrogen and oxygen atoms in total. The Labute approximate surface area is 235 Å². The molecule has 1 aromatic rings. The van der Waals surface area contributed by atoms with Crippen LogP contribution in [0.5, 0.6) is 5.75 Å². The zero-order valence-corrected chi connectivity index (χ0v) is 23.9. The van der Waals surface area contributed by atoms with Crippen LogP contribution < -0.4 is 10.6 Å². The first-order chi connectivity index (χ1) is 18.7. The number of hydrogen-bond donors (Lipinski definition) is 5. The van der Waals surface area contributed by atoms with Gasteiger partial charge in [-0.2, -0.15) is 0 Å².